The predicted octanol–water partition coefficient (Wildman–Crippen LogP) is 4.12. The van der Waals surface area contributed by atoms with Gasteiger partial charge in [0.15, 0.2) is 0 Å². The van der Waals surface area contributed by atoms with E-state index in [1.165, 1.54) is 24.0 Å². The van der Waals surface area contributed by atoms with Gasteiger partial charge in [-0.25, -0.2) is 0 Å². The van der Waals surface area contributed by atoms with Crippen LogP contribution in [0.2, 0.25) is 0 Å². The van der Waals surface area contributed by atoms with Gasteiger partial charge < -0.3 is 9.15 Å². The Morgan fingerprint density at radius 3 is 2.43 bits per heavy atom. The van der Waals surface area contributed by atoms with Crippen molar-refractivity contribution >= 4 is 0 Å². The van der Waals surface area contributed by atoms with E-state index in [-0.39, 0.29) is 6.10 Å². The average molecular weight is 311 g/mol. The van der Waals surface area contributed by atoms with Crippen molar-refractivity contribution in [1.82, 2.24) is 4.90 Å². The Balaban J connectivity index is 1.38. The average Bonchev–Trinajstić information content (AvgIpc) is 2.97. The van der Waals surface area contributed by atoms with Crippen molar-refractivity contribution < 1.29 is 9.15 Å². The minimum absolute atomic E-state index is 0.172. The molecular weight excluding hydrogens is 286 g/mol. The van der Waals surface area contributed by atoms with Gasteiger partial charge in [0.05, 0.1) is 6.54 Å². The fourth-order valence-corrected chi connectivity index (χ4v) is 3.71. The van der Waals surface area contributed by atoms with E-state index in [2.05, 4.69) is 41.3 Å². The fraction of sp³-hybridized carbons (Fsp3) is 0.500. The number of nitrogens with zero attached hydrogens (tertiary/aromatic N) is 1. The molecule has 1 aromatic carbocycles. The number of benzene rings is 1. The molecule has 1 aromatic heterocycles. The Labute approximate surface area is 138 Å². The summed E-state index contributed by atoms with van der Waals surface area (Å²) in [6.07, 6.45) is 5.95. The summed E-state index contributed by atoms with van der Waals surface area (Å²) < 4.78 is 11.9. The number of rotatable bonds is 3. The minimum Gasteiger partial charge on any atom is -0.462 e. The molecule has 0 aliphatic carbocycles. The third kappa shape index (κ3) is 3.51. The lowest BCUT2D eigenvalue weighted by Gasteiger charge is -2.21. The number of fused-ring (bicyclic) bond motifs is 1. The van der Waals surface area contributed by atoms with Gasteiger partial charge in [0, 0.05) is 19.7 Å². The predicted molar refractivity (Wildman–Crippen MR) is 90.4 cm³/mol. The molecule has 0 bridgehead atoms. The van der Waals surface area contributed by atoms with Crippen LogP contribution in [0.1, 0.15) is 48.0 Å². The zero-order valence-electron chi connectivity index (χ0n) is 13.7. The summed E-state index contributed by atoms with van der Waals surface area (Å²) in [4.78, 5) is 2.50. The third-order valence-electron chi connectivity index (χ3n) is 5.07. The maximum absolute atomic E-state index is 6.08. The zero-order valence-corrected chi connectivity index (χ0v) is 13.7. The summed E-state index contributed by atoms with van der Waals surface area (Å²) in [6.45, 7) is 3.98. The normalized spacial score (nSPS) is 22.5. The third-order valence-corrected chi connectivity index (χ3v) is 5.07. The molecule has 0 radical (unpaired) electrons. The van der Waals surface area contributed by atoms with E-state index >= 15 is 0 Å². The molecule has 1 fully saturated rings. The Morgan fingerprint density at radius 1 is 0.957 bits per heavy atom. The highest BCUT2D eigenvalue weighted by Crippen LogP contribution is 2.29. The Hall–Kier alpha value is -1.58. The molecule has 0 spiro atoms. The number of hydrogen-bond donors (Lipinski definition) is 0. The summed E-state index contributed by atoms with van der Waals surface area (Å²) in [5.74, 6) is 2.08. The largest absolute Gasteiger partial charge is 0.462 e. The molecule has 0 amide bonds. The maximum Gasteiger partial charge on any atom is 0.133 e. The van der Waals surface area contributed by atoms with E-state index in [9.17, 15) is 0 Å². The molecule has 2 aromatic rings. The zero-order chi connectivity index (χ0) is 15.5. The van der Waals surface area contributed by atoms with E-state index in [4.69, 9.17) is 9.15 Å². The van der Waals surface area contributed by atoms with Crippen molar-refractivity contribution in [1.29, 1.82) is 0 Å². The monoisotopic (exact) mass is 311 g/mol. The molecule has 3 nitrogen and oxygen atoms in total. The van der Waals surface area contributed by atoms with Gasteiger partial charge in [-0.15, -0.1) is 0 Å². The molecule has 2 aliphatic rings. The Morgan fingerprint density at radius 2 is 1.74 bits per heavy atom. The first-order chi connectivity index (χ1) is 11.4. The first-order valence-electron chi connectivity index (χ1n) is 8.88. The van der Waals surface area contributed by atoms with Crippen LogP contribution in [0.15, 0.2) is 40.8 Å². The number of hydrogen-bond acceptors (Lipinski definition) is 3. The van der Waals surface area contributed by atoms with Crippen LogP contribution >= 0.6 is 0 Å². The van der Waals surface area contributed by atoms with Crippen molar-refractivity contribution in [2.75, 3.05) is 19.7 Å². The van der Waals surface area contributed by atoms with E-state index < -0.39 is 0 Å². The van der Waals surface area contributed by atoms with Crippen LogP contribution in [-0.2, 0) is 24.1 Å². The summed E-state index contributed by atoms with van der Waals surface area (Å²) >= 11 is 0. The standard InChI is InChI=1S/C20H25NO2/c1-2-6-17-11-13-21(12-10-16(17)5-1)15-18-8-9-20(23-18)19-7-3-4-14-22-19/h1-2,5-6,8-9,19H,3-4,7,10-15H2. The molecule has 2 aliphatic heterocycles. The highest BCUT2D eigenvalue weighted by molar-refractivity contribution is 5.28. The second-order valence-corrected chi connectivity index (χ2v) is 6.70. The summed E-state index contributed by atoms with van der Waals surface area (Å²) in [5.41, 5.74) is 3.01. The first-order valence-corrected chi connectivity index (χ1v) is 8.88. The molecule has 1 unspecified atom stereocenters. The van der Waals surface area contributed by atoms with Gasteiger partial charge in [0.1, 0.15) is 17.6 Å². The second kappa shape index (κ2) is 6.90. The smallest absolute Gasteiger partial charge is 0.133 e. The van der Waals surface area contributed by atoms with E-state index in [0.717, 1.165) is 57.0 Å². The van der Waals surface area contributed by atoms with Crippen LogP contribution in [-0.4, -0.2) is 24.6 Å². The van der Waals surface area contributed by atoms with Crippen molar-refractivity contribution in [2.24, 2.45) is 0 Å². The van der Waals surface area contributed by atoms with E-state index in [0.29, 0.717) is 0 Å². The summed E-state index contributed by atoms with van der Waals surface area (Å²) in [5, 5.41) is 0. The summed E-state index contributed by atoms with van der Waals surface area (Å²) in [7, 11) is 0. The highest BCUT2D eigenvalue weighted by Gasteiger charge is 2.20. The van der Waals surface area contributed by atoms with Gasteiger partial charge in [-0.2, -0.15) is 0 Å². The molecule has 122 valence electrons. The lowest BCUT2D eigenvalue weighted by molar-refractivity contribution is 0.000864. The van der Waals surface area contributed by atoms with Crippen LogP contribution in [0.4, 0.5) is 0 Å². The molecule has 4 rings (SSSR count). The fourth-order valence-electron chi connectivity index (χ4n) is 3.71. The van der Waals surface area contributed by atoms with Crippen LogP contribution in [0, 0.1) is 0 Å². The Bertz CT molecular complexity index is 616. The van der Waals surface area contributed by atoms with Gasteiger partial charge in [0.2, 0.25) is 0 Å². The van der Waals surface area contributed by atoms with Gasteiger partial charge in [0.25, 0.3) is 0 Å². The molecular formula is C20H25NO2. The lowest BCUT2D eigenvalue weighted by atomic mass is 10.0. The topological polar surface area (TPSA) is 25.6 Å². The number of ether oxygens (including phenoxy) is 1. The molecule has 3 heterocycles. The van der Waals surface area contributed by atoms with Crippen molar-refractivity contribution in [3.05, 3.63) is 59.0 Å². The molecule has 0 saturated carbocycles. The van der Waals surface area contributed by atoms with E-state index in [1.54, 1.807) is 0 Å². The van der Waals surface area contributed by atoms with Crippen LogP contribution in [0.3, 0.4) is 0 Å². The number of furan rings is 1. The Kier molecular flexibility index (Phi) is 4.49. The summed E-state index contributed by atoms with van der Waals surface area (Å²) in [6, 6.07) is 13.1. The van der Waals surface area contributed by atoms with Gasteiger partial charge in [-0.3, -0.25) is 4.90 Å². The van der Waals surface area contributed by atoms with Gasteiger partial charge in [-0.05, 0) is 55.4 Å². The van der Waals surface area contributed by atoms with Crippen LogP contribution < -0.4 is 0 Å². The molecule has 1 atom stereocenters. The lowest BCUT2D eigenvalue weighted by Crippen LogP contribution is -2.25. The van der Waals surface area contributed by atoms with Crippen molar-refractivity contribution in [3.63, 3.8) is 0 Å². The van der Waals surface area contributed by atoms with Crippen molar-refractivity contribution in [2.45, 2.75) is 44.8 Å². The van der Waals surface area contributed by atoms with Crippen molar-refractivity contribution in [3.8, 4) is 0 Å². The quantitative estimate of drug-likeness (QED) is 0.852. The molecule has 0 N–H and O–H groups in total. The minimum atomic E-state index is 0.172. The van der Waals surface area contributed by atoms with Crippen LogP contribution in [0.25, 0.3) is 0 Å². The molecule has 1 saturated heterocycles. The second-order valence-electron chi connectivity index (χ2n) is 6.70. The molecule has 23 heavy (non-hydrogen) atoms. The molecule has 3 heteroatoms. The SMILES string of the molecule is c1ccc2c(c1)CCN(Cc1ccc(C3CCCCO3)o1)CC2. The van der Waals surface area contributed by atoms with E-state index in [1.807, 2.05) is 0 Å². The van der Waals surface area contributed by atoms with Crippen LogP contribution in [0.5, 0.6) is 0 Å². The maximum atomic E-state index is 6.08. The van der Waals surface area contributed by atoms with Gasteiger partial charge in [-0.1, -0.05) is 24.3 Å². The van der Waals surface area contributed by atoms with Gasteiger partial charge >= 0.3 is 0 Å². The first kappa shape index (κ1) is 15.0. The highest BCUT2D eigenvalue weighted by atomic mass is 16.5.